The molecule has 3 N–H and O–H groups in total. The molecule has 3 aromatic rings. The summed E-state index contributed by atoms with van der Waals surface area (Å²) < 4.78 is 4.68. The second-order valence-corrected chi connectivity index (χ2v) is 5.62. The van der Waals surface area contributed by atoms with Crippen molar-refractivity contribution in [3.63, 3.8) is 0 Å². The summed E-state index contributed by atoms with van der Waals surface area (Å²) in [4.78, 5) is 10.1. The number of aliphatic imine (C=N–C) groups is 1. The summed E-state index contributed by atoms with van der Waals surface area (Å²) >= 11 is 0. The van der Waals surface area contributed by atoms with Crippen molar-refractivity contribution >= 4 is 17.3 Å². The number of hydroxylamine groups is 1. The van der Waals surface area contributed by atoms with Gasteiger partial charge in [0.1, 0.15) is 0 Å². The summed E-state index contributed by atoms with van der Waals surface area (Å²) in [5, 5.41) is 7.40. The van der Waals surface area contributed by atoms with Gasteiger partial charge in [-0.1, -0.05) is 48.0 Å². The predicted molar refractivity (Wildman–Crippen MR) is 95.2 cm³/mol. The van der Waals surface area contributed by atoms with E-state index in [9.17, 15) is 0 Å². The second kappa shape index (κ2) is 7.59. The predicted octanol–water partition coefficient (Wildman–Crippen LogP) is 3.07. The molecule has 25 heavy (non-hydrogen) atoms. The SMILES string of the molecule is Cc1ccc(N=C(NOCc2ccccc2)c2nonc2N)c(C)c1. The molecular formula is C18H19N5O2. The first-order valence-electron chi connectivity index (χ1n) is 7.79. The van der Waals surface area contributed by atoms with Crippen molar-refractivity contribution in [1.29, 1.82) is 0 Å². The van der Waals surface area contributed by atoms with Gasteiger partial charge in [-0.2, -0.15) is 0 Å². The van der Waals surface area contributed by atoms with Crippen LogP contribution in [0.25, 0.3) is 0 Å². The number of nitrogens with zero attached hydrogens (tertiary/aromatic N) is 3. The first kappa shape index (κ1) is 16.7. The first-order valence-corrected chi connectivity index (χ1v) is 7.79. The summed E-state index contributed by atoms with van der Waals surface area (Å²) in [6.07, 6.45) is 0. The highest BCUT2D eigenvalue weighted by Crippen LogP contribution is 2.21. The lowest BCUT2D eigenvalue weighted by atomic mass is 10.1. The van der Waals surface area contributed by atoms with Crippen LogP contribution in [0.4, 0.5) is 11.5 Å². The third-order valence-electron chi connectivity index (χ3n) is 3.57. The van der Waals surface area contributed by atoms with Gasteiger partial charge in [-0.05, 0) is 41.4 Å². The molecule has 3 rings (SSSR count). The molecule has 1 heterocycles. The Morgan fingerprint density at radius 2 is 1.96 bits per heavy atom. The van der Waals surface area contributed by atoms with Crippen LogP contribution in [0.15, 0.2) is 58.2 Å². The van der Waals surface area contributed by atoms with Crippen LogP contribution in [0.5, 0.6) is 0 Å². The quantitative estimate of drug-likeness (QED) is 0.422. The number of hydrogen-bond donors (Lipinski definition) is 2. The monoisotopic (exact) mass is 337 g/mol. The molecule has 7 heteroatoms. The van der Waals surface area contributed by atoms with Gasteiger partial charge in [-0.3, -0.25) is 4.84 Å². The lowest BCUT2D eigenvalue weighted by molar-refractivity contribution is 0.0713. The molecule has 0 spiro atoms. The minimum Gasteiger partial charge on any atom is -0.379 e. The minimum atomic E-state index is 0.138. The Kier molecular flexibility index (Phi) is 5.06. The maximum absolute atomic E-state index is 5.80. The van der Waals surface area contributed by atoms with E-state index in [0.717, 1.165) is 22.4 Å². The molecule has 2 aromatic carbocycles. The van der Waals surface area contributed by atoms with E-state index < -0.39 is 0 Å². The molecule has 128 valence electrons. The number of hydrogen-bond acceptors (Lipinski definition) is 6. The smallest absolute Gasteiger partial charge is 0.199 e. The summed E-state index contributed by atoms with van der Waals surface area (Å²) in [5.41, 5.74) is 12.9. The molecule has 1 aromatic heterocycles. The van der Waals surface area contributed by atoms with Gasteiger partial charge in [0.15, 0.2) is 17.3 Å². The standard InChI is InChI=1S/C18H19N5O2/c1-12-8-9-15(13(2)10-12)20-18(16-17(19)22-25-21-16)23-24-11-14-6-4-3-5-7-14/h3-10H,11H2,1-2H3,(H2,19,22)(H,20,23). The zero-order chi connectivity index (χ0) is 17.6. The zero-order valence-corrected chi connectivity index (χ0v) is 14.1. The van der Waals surface area contributed by atoms with Gasteiger partial charge in [0.2, 0.25) is 0 Å². The van der Waals surface area contributed by atoms with E-state index in [1.54, 1.807) is 0 Å². The van der Waals surface area contributed by atoms with E-state index in [2.05, 4.69) is 25.4 Å². The Balaban J connectivity index is 1.83. The molecule has 0 aliphatic carbocycles. The van der Waals surface area contributed by atoms with E-state index in [0.29, 0.717) is 18.1 Å². The highest BCUT2D eigenvalue weighted by molar-refractivity contribution is 6.01. The topological polar surface area (TPSA) is 98.6 Å². The molecule has 0 radical (unpaired) electrons. The number of rotatable bonds is 5. The van der Waals surface area contributed by atoms with E-state index in [4.69, 9.17) is 10.6 Å². The van der Waals surface area contributed by atoms with Crippen LogP contribution in [-0.2, 0) is 11.4 Å². The Bertz CT molecular complexity index is 874. The Morgan fingerprint density at radius 1 is 1.16 bits per heavy atom. The van der Waals surface area contributed by atoms with Crippen molar-refractivity contribution in [3.8, 4) is 0 Å². The van der Waals surface area contributed by atoms with Gasteiger partial charge < -0.3 is 5.73 Å². The molecule has 0 fully saturated rings. The van der Waals surface area contributed by atoms with E-state index in [-0.39, 0.29) is 5.82 Å². The lowest BCUT2D eigenvalue weighted by Crippen LogP contribution is -2.26. The summed E-state index contributed by atoms with van der Waals surface area (Å²) in [5.74, 6) is 0.473. The molecule has 0 unspecified atom stereocenters. The fourth-order valence-electron chi connectivity index (χ4n) is 2.30. The number of aromatic nitrogens is 2. The van der Waals surface area contributed by atoms with Crippen LogP contribution in [0.1, 0.15) is 22.4 Å². The van der Waals surface area contributed by atoms with E-state index >= 15 is 0 Å². The lowest BCUT2D eigenvalue weighted by Gasteiger charge is -2.09. The van der Waals surface area contributed by atoms with E-state index in [1.807, 2.05) is 62.4 Å². The van der Waals surface area contributed by atoms with Crippen molar-refractivity contribution in [2.75, 3.05) is 5.73 Å². The summed E-state index contributed by atoms with van der Waals surface area (Å²) in [6, 6.07) is 15.7. The largest absolute Gasteiger partial charge is 0.379 e. The molecule has 0 saturated carbocycles. The van der Waals surface area contributed by atoms with Crippen LogP contribution < -0.4 is 11.2 Å². The van der Waals surface area contributed by atoms with Crippen LogP contribution in [-0.4, -0.2) is 16.1 Å². The molecule has 0 aliphatic rings. The number of anilines is 1. The maximum atomic E-state index is 5.80. The molecule has 0 amide bonds. The maximum Gasteiger partial charge on any atom is 0.199 e. The van der Waals surface area contributed by atoms with Crippen LogP contribution in [0, 0.1) is 13.8 Å². The van der Waals surface area contributed by atoms with E-state index in [1.165, 1.54) is 0 Å². The van der Waals surface area contributed by atoms with Gasteiger partial charge in [-0.25, -0.2) is 15.1 Å². The van der Waals surface area contributed by atoms with Gasteiger partial charge in [0, 0.05) is 0 Å². The molecule has 0 bridgehead atoms. The van der Waals surface area contributed by atoms with Crippen molar-refractivity contribution in [1.82, 2.24) is 15.8 Å². The molecule has 0 atom stereocenters. The third-order valence-corrected chi connectivity index (χ3v) is 3.57. The number of aryl methyl sites for hydroxylation is 2. The summed E-state index contributed by atoms with van der Waals surface area (Å²) in [7, 11) is 0. The van der Waals surface area contributed by atoms with Gasteiger partial charge >= 0.3 is 0 Å². The van der Waals surface area contributed by atoms with Crippen LogP contribution >= 0.6 is 0 Å². The molecule has 0 saturated heterocycles. The number of nitrogen functional groups attached to an aromatic ring is 1. The second-order valence-electron chi connectivity index (χ2n) is 5.62. The highest BCUT2D eigenvalue weighted by Gasteiger charge is 2.15. The van der Waals surface area contributed by atoms with Crippen molar-refractivity contribution in [2.24, 2.45) is 4.99 Å². The fourth-order valence-corrected chi connectivity index (χ4v) is 2.30. The minimum absolute atomic E-state index is 0.138. The molecular weight excluding hydrogens is 318 g/mol. The Morgan fingerprint density at radius 3 is 2.64 bits per heavy atom. The van der Waals surface area contributed by atoms with Crippen molar-refractivity contribution in [2.45, 2.75) is 20.5 Å². The van der Waals surface area contributed by atoms with Gasteiger partial charge in [-0.15, -0.1) is 0 Å². The third kappa shape index (κ3) is 4.21. The number of nitrogens with one attached hydrogen (secondary N) is 1. The zero-order valence-electron chi connectivity index (χ0n) is 14.1. The average molecular weight is 337 g/mol. The molecule has 7 nitrogen and oxygen atoms in total. The fraction of sp³-hybridized carbons (Fsp3) is 0.167. The number of nitrogens with two attached hydrogens (primary N) is 1. The average Bonchev–Trinajstić information content (AvgIpc) is 3.03. The normalized spacial score (nSPS) is 11.5. The highest BCUT2D eigenvalue weighted by atomic mass is 16.6. The van der Waals surface area contributed by atoms with Gasteiger partial charge in [0.25, 0.3) is 0 Å². The number of benzene rings is 2. The number of amidine groups is 1. The Labute approximate surface area is 145 Å². The summed E-state index contributed by atoms with van der Waals surface area (Å²) in [6.45, 7) is 4.37. The van der Waals surface area contributed by atoms with Crippen molar-refractivity contribution in [3.05, 3.63) is 70.9 Å². The first-order chi connectivity index (χ1) is 12.1. The van der Waals surface area contributed by atoms with Crippen LogP contribution in [0.2, 0.25) is 0 Å². The van der Waals surface area contributed by atoms with Gasteiger partial charge in [0.05, 0.1) is 12.3 Å². The van der Waals surface area contributed by atoms with Crippen molar-refractivity contribution < 1.29 is 9.47 Å². The Hall–Kier alpha value is -3.19. The molecule has 0 aliphatic heterocycles. The van der Waals surface area contributed by atoms with Crippen LogP contribution in [0.3, 0.4) is 0 Å².